The van der Waals surface area contributed by atoms with Crippen LogP contribution in [0.2, 0.25) is 0 Å². The summed E-state index contributed by atoms with van der Waals surface area (Å²) in [6.07, 6.45) is 2.15. The van der Waals surface area contributed by atoms with Crippen LogP contribution in [0.25, 0.3) is 11.1 Å². The number of hydrogen-bond acceptors (Lipinski definition) is 3. The molecule has 2 aromatic rings. The molecular weight excluding hydrogens is 353 g/mol. The van der Waals surface area contributed by atoms with E-state index in [4.69, 9.17) is 0 Å². The molecule has 1 aromatic heterocycles. The maximum Gasteiger partial charge on any atom is 0.308 e. The fourth-order valence-electron chi connectivity index (χ4n) is 3.92. The lowest BCUT2D eigenvalue weighted by atomic mass is 9.92. The molecule has 1 amide bonds. The molecule has 1 saturated heterocycles. The number of carbonyl (C=O) groups is 2. The largest absolute Gasteiger partial charge is 0.481 e. The highest BCUT2D eigenvalue weighted by atomic mass is 32.1. The van der Waals surface area contributed by atoms with Crippen molar-refractivity contribution in [3.63, 3.8) is 0 Å². The van der Waals surface area contributed by atoms with E-state index in [1.165, 1.54) is 23.5 Å². The summed E-state index contributed by atoms with van der Waals surface area (Å²) in [5, 5.41) is 9.48. The maximum absolute atomic E-state index is 13.1. The van der Waals surface area contributed by atoms with E-state index >= 15 is 0 Å². The number of carboxylic acid groups (broad SMARTS) is 1. The molecule has 1 aliphatic carbocycles. The van der Waals surface area contributed by atoms with Crippen molar-refractivity contribution >= 4 is 23.2 Å². The predicted molar refractivity (Wildman–Crippen MR) is 97.7 cm³/mol. The molecule has 4 rings (SSSR count). The number of nitrogens with zero attached hydrogens (tertiary/aromatic N) is 1. The average Bonchev–Trinajstić information content (AvgIpc) is 3.24. The smallest absolute Gasteiger partial charge is 0.308 e. The number of amides is 1. The van der Waals surface area contributed by atoms with Crippen LogP contribution >= 0.6 is 11.3 Å². The quantitative estimate of drug-likeness (QED) is 0.880. The average molecular weight is 373 g/mol. The molecule has 0 unspecified atom stereocenters. The van der Waals surface area contributed by atoms with Gasteiger partial charge in [-0.1, -0.05) is 12.1 Å². The van der Waals surface area contributed by atoms with E-state index in [1.807, 2.05) is 13.0 Å². The fourth-order valence-corrected chi connectivity index (χ4v) is 4.93. The van der Waals surface area contributed by atoms with Crippen molar-refractivity contribution < 1.29 is 19.1 Å². The van der Waals surface area contributed by atoms with E-state index in [-0.39, 0.29) is 24.2 Å². The van der Waals surface area contributed by atoms with Crippen LogP contribution in [0.3, 0.4) is 0 Å². The Kier molecular flexibility index (Phi) is 4.31. The molecule has 0 radical (unpaired) electrons. The van der Waals surface area contributed by atoms with Gasteiger partial charge >= 0.3 is 5.97 Å². The van der Waals surface area contributed by atoms with Gasteiger partial charge in [0.1, 0.15) is 5.82 Å². The van der Waals surface area contributed by atoms with Crippen LogP contribution in [0.15, 0.2) is 30.3 Å². The molecule has 1 aliphatic heterocycles. The van der Waals surface area contributed by atoms with Gasteiger partial charge in [0, 0.05) is 18.0 Å². The number of aryl methyl sites for hydroxylation is 1. The third-order valence-corrected chi connectivity index (χ3v) is 6.52. The summed E-state index contributed by atoms with van der Waals surface area (Å²) in [5.74, 6) is -1.11. The summed E-state index contributed by atoms with van der Waals surface area (Å²) in [6.45, 7) is 2.76. The highest BCUT2D eigenvalue weighted by Gasteiger charge is 2.47. The van der Waals surface area contributed by atoms with Gasteiger partial charge in [0.15, 0.2) is 0 Å². The molecular formula is C20H20FNO3S. The second kappa shape index (κ2) is 6.50. The van der Waals surface area contributed by atoms with E-state index in [1.54, 1.807) is 17.0 Å². The first-order valence-electron chi connectivity index (χ1n) is 8.82. The van der Waals surface area contributed by atoms with Gasteiger partial charge in [-0.2, -0.15) is 0 Å². The van der Waals surface area contributed by atoms with Gasteiger partial charge in [0.05, 0.1) is 10.8 Å². The first-order chi connectivity index (χ1) is 12.4. The first-order valence-corrected chi connectivity index (χ1v) is 9.64. The van der Waals surface area contributed by atoms with Crippen LogP contribution in [0.5, 0.6) is 0 Å². The van der Waals surface area contributed by atoms with E-state index in [0.717, 1.165) is 28.8 Å². The van der Waals surface area contributed by atoms with Gasteiger partial charge in [-0.3, -0.25) is 9.59 Å². The minimum Gasteiger partial charge on any atom is -0.481 e. The van der Waals surface area contributed by atoms with Crippen LogP contribution in [-0.4, -0.2) is 35.0 Å². The fraction of sp³-hybridized carbons (Fsp3) is 0.400. The number of likely N-dealkylation sites (tertiary alicyclic amines) is 1. The van der Waals surface area contributed by atoms with Crippen molar-refractivity contribution in [2.24, 2.45) is 17.8 Å². The molecule has 4 nitrogen and oxygen atoms in total. The monoisotopic (exact) mass is 373 g/mol. The van der Waals surface area contributed by atoms with Crippen molar-refractivity contribution in [2.45, 2.75) is 19.8 Å². The molecule has 1 N–H and O–H groups in total. The molecule has 26 heavy (non-hydrogen) atoms. The molecule has 0 spiro atoms. The highest BCUT2D eigenvalue weighted by molar-refractivity contribution is 7.14. The van der Waals surface area contributed by atoms with Gasteiger partial charge in [-0.05, 0) is 60.9 Å². The topological polar surface area (TPSA) is 57.6 Å². The summed E-state index contributed by atoms with van der Waals surface area (Å²) in [4.78, 5) is 27.8. The van der Waals surface area contributed by atoms with Crippen LogP contribution < -0.4 is 0 Å². The Bertz CT molecular complexity index is 856. The third-order valence-electron chi connectivity index (χ3n) is 5.48. The second-order valence-electron chi connectivity index (χ2n) is 7.24. The summed E-state index contributed by atoms with van der Waals surface area (Å²) >= 11 is 1.41. The van der Waals surface area contributed by atoms with E-state index < -0.39 is 11.9 Å². The minimum atomic E-state index is -0.799. The van der Waals surface area contributed by atoms with Gasteiger partial charge in [-0.15, -0.1) is 11.3 Å². The van der Waals surface area contributed by atoms with Crippen molar-refractivity contribution in [1.29, 1.82) is 0 Å². The molecule has 1 saturated carbocycles. The predicted octanol–water partition coefficient (Wildman–Crippen LogP) is 4.05. The summed E-state index contributed by atoms with van der Waals surface area (Å²) in [6, 6.07) is 8.07. The van der Waals surface area contributed by atoms with Crippen molar-refractivity contribution in [2.75, 3.05) is 13.1 Å². The number of rotatable bonds is 4. The second-order valence-corrected chi connectivity index (χ2v) is 8.50. The Labute approximate surface area is 155 Å². The molecule has 0 bridgehead atoms. The lowest BCUT2D eigenvalue weighted by Gasteiger charge is -2.15. The van der Waals surface area contributed by atoms with Crippen LogP contribution in [0.4, 0.5) is 4.39 Å². The van der Waals surface area contributed by atoms with Gasteiger partial charge in [0.25, 0.3) is 5.91 Å². The number of hydrogen-bond donors (Lipinski definition) is 1. The molecule has 2 heterocycles. The summed E-state index contributed by atoms with van der Waals surface area (Å²) in [5.41, 5.74) is 1.80. The van der Waals surface area contributed by atoms with Crippen LogP contribution in [0.1, 0.15) is 27.4 Å². The Morgan fingerprint density at radius 2 is 1.88 bits per heavy atom. The zero-order valence-electron chi connectivity index (χ0n) is 14.4. The van der Waals surface area contributed by atoms with E-state index in [9.17, 15) is 19.1 Å². The normalized spacial score (nSPS) is 22.6. The number of thiophene rings is 1. The molecule has 136 valence electrons. The van der Waals surface area contributed by atoms with Crippen molar-refractivity contribution in [3.05, 3.63) is 45.9 Å². The van der Waals surface area contributed by atoms with Gasteiger partial charge in [0.2, 0.25) is 0 Å². The first kappa shape index (κ1) is 17.2. The standard InChI is InChI=1S/C20H20FNO3S/c1-11-15(12-4-6-14(21)7-5-12)8-18(26-11)19(23)22-9-16(13-2-3-13)17(10-22)20(24)25/h4-8,13,16-17H,2-3,9-10H2,1H3,(H,24,25)/t16-,17+/m1/s1. The van der Waals surface area contributed by atoms with E-state index in [2.05, 4.69) is 0 Å². The number of benzene rings is 1. The lowest BCUT2D eigenvalue weighted by molar-refractivity contribution is -0.142. The number of carbonyl (C=O) groups excluding carboxylic acids is 1. The molecule has 2 aliphatic rings. The van der Waals surface area contributed by atoms with Crippen molar-refractivity contribution in [3.8, 4) is 11.1 Å². The maximum atomic E-state index is 13.1. The third kappa shape index (κ3) is 3.14. The van der Waals surface area contributed by atoms with Crippen LogP contribution in [0, 0.1) is 30.5 Å². The Morgan fingerprint density at radius 3 is 2.50 bits per heavy atom. The van der Waals surface area contributed by atoms with E-state index in [0.29, 0.717) is 17.3 Å². The lowest BCUT2D eigenvalue weighted by Crippen LogP contribution is -2.29. The Balaban J connectivity index is 1.56. The molecule has 2 fully saturated rings. The number of carboxylic acids is 1. The van der Waals surface area contributed by atoms with Gasteiger partial charge < -0.3 is 10.0 Å². The van der Waals surface area contributed by atoms with Crippen LogP contribution in [-0.2, 0) is 4.79 Å². The Hall–Kier alpha value is -2.21. The summed E-state index contributed by atoms with van der Waals surface area (Å²) < 4.78 is 13.1. The zero-order chi connectivity index (χ0) is 18.4. The van der Waals surface area contributed by atoms with Crippen molar-refractivity contribution in [1.82, 2.24) is 4.90 Å². The minimum absolute atomic E-state index is 0.0779. The number of aliphatic carboxylic acids is 1. The molecule has 2 atom stereocenters. The van der Waals surface area contributed by atoms with Gasteiger partial charge in [-0.25, -0.2) is 4.39 Å². The molecule has 1 aromatic carbocycles. The zero-order valence-corrected chi connectivity index (χ0v) is 15.3. The SMILES string of the molecule is Cc1sc(C(=O)N2C[C@H](C(=O)O)[C@@H](C3CC3)C2)cc1-c1ccc(F)cc1. The Morgan fingerprint density at radius 1 is 1.19 bits per heavy atom. The summed E-state index contributed by atoms with van der Waals surface area (Å²) in [7, 11) is 0. The highest BCUT2D eigenvalue weighted by Crippen LogP contribution is 2.44. The molecule has 6 heteroatoms. The number of halogens is 1.